The first kappa shape index (κ1) is 19.5. The molecule has 0 aliphatic heterocycles. The van der Waals surface area contributed by atoms with Crippen molar-refractivity contribution in [2.75, 3.05) is 11.5 Å². The Morgan fingerprint density at radius 2 is 2.22 bits per heavy atom. The lowest BCUT2D eigenvalue weighted by molar-refractivity contribution is -0.109. The summed E-state index contributed by atoms with van der Waals surface area (Å²) in [6, 6.07) is 5.88. The summed E-state index contributed by atoms with van der Waals surface area (Å²) in [6.45, 7) is 2.18. The molecule has 0 aromatic heterocycles. The minimum atomic E-state index is -0.318. The maximum absolute atomic E-state index is 11.3. The average molecular weight is 422 g/mol. The topological polar surface area (TPSA) is 26.3 Å². The zero-order chi connectivity index (χ0) is 17.1. The average Bonchev–Trinajstić information content (AvgIpc) is 2.58. The van der Waals surface area contributed by atoms with Crippen molar-refractivity contribution in [1.29, 1.82) is 0 Å². The predicted octanol–water partition coefficient (Wildman–Crippen LogP) is 5.00. The summed E-state index contributed by atoms with van der Waals surface area (Å²) in [5.41, 5.74) is 3.60. The summed E-state index contributed by atoms with van der Waals surface area (Å²) >= 11 is 2.41. The van der Waals surface area contributed by atoms with Crippen molar-refractivity contribution in [2.45, 2.75) is 32.6 Å². The molecule has 1 aromatic carbocycles. The molecule has 3 heteroatoms. The number of ketones is 1. The van der Waals surface area contributed by atoms with Gasteiger partial charge in [-0.2, -0.15) is 0 Å². The summed E-state index contributed by atoms with van der Waals surface area (Å²) < 4.78 is 6.49. The Balaban J connectivity index is 2.84. The number of methoxy groups -OCH3 is 1. The number of hydrogen-bond acceptors (Lipinski definition) is 2. The van der Waals surface area contributed by atoms with E-state index in [4.69, 9.17) is 11.2 Å². The molecule has 0 bridgehead atoms. The van der Waals surface area contributed by atoms with Crippen LogP contribution in [-0.2, 0) is 11.2 Å². The van der Waals surface area contributed by atoms with E-state index in [-0.39, 0.29) is 5.78 Å². The fourth-order valence-corrected chi connectivity index (χ4v) is 2.60. The van der Waals surface area contributed by atoms with E-state index in [2.05, 4.69) is 41.5 Å². The molecule has 122 valence electrons. The van der Waals surface area contributed by atoms with Crippen molar-refractivity contribution in [3.63, 3.8) is 0 Å². The third-order valence-corrected chi connectivity index (χ3v) is 4.28. The molecule has 0 radical (unpaired) electrons. The number of rotatable bonds is 9. The van der Waals surface area contributed by atoms with Crippen molar-refractivity contribution in [2.24, 2.45) is 0 Å². The van der Waals surface area contributed by atoms with Crippen molar-refractivity contribution < 1.29 is 9.53 Å². The van der Waals surface area contributed by atoms with Crippen LogP contribution in [0.15, 0.2) is 35.9 Å². The van der Waals surface area contributed by atoms with Crippen LogP contribution in [0, 0.1) is 12.3 Å². The number of hydrogen-bond donors (Lipinski definition) is 0. The van der Waals surface area contributed by atoms with Gasteiger partial charge in [-0.05, 0) is 72.3 Å². The predicted molar refractivity (Wildman–Crippen MR) is 106 cm³/mol. The molecule has 0 saturated carbocycles. The standard InChI is InChI=1S/C20H23IO2/c1-4-19(22)12-10-17-11-13-20(23-3)15-18(17)9-5-7-16(2)8-6-14-21/h1,7,10-13,15H,5-6,8-9,14H2,2-3H3/b12-10+,16-7+. The van der Waals surface area contributed by atoms with Gasteiger partial charge in [0.1, 0.15) is 5.75 Å². The summed E-state index contributed by atoms with van der Waals surface area (Å²) in [5.74, 6) is 2.60. The van der Waals surface area contributed by atoms with Crippen LogP contribution >= 0.6 is 22.6 Å². The van der Waals surface area contributed by atoms with E-state index in [1.165, 1.54) is 22.5 Å². The van der Waals surface area contributed by atoms with Crippen LogP contribution < -0.4 is 4.74 Å². The molecule has 0 atom stereocenters. The fourth-order valence-electron chi connectivity index (χ4n) is 2.22. The number of ether oxygens (including phenoxy) is 1. The van der Waals surface area contributed by atoms with Gasteiger partial charge in [0, 0.05) is 0 Å². The van der Waals surface area contributed by atoms with Crippen LogP contribution in [0.2, 0.25) is 0 Å². The third-order valence-electron chi connectivity index (χ3n) is 3.52. The zero-order valence-corrected chi connectivity index (χ0v) is 15.9. The molecule has 0 unspecified atom stereocenters. The van der Waals surface area contributed by atoms with Crippen LogP contribution in [0.3, 0.4) is 0 Å². The number of terminal acetylenes is 1. The van der Waals surface area contributed by atoms with Crippen LogP contribution in [-0.4, -0.2) is 17.3 Å². The maximum atomic E-state index is 11.3. The van der Waals surface area contributed by atoms with E-state index in [9.17, 15) is 4.79 Å². The Labute approximate surface area is 153 Å². The summed E-state index contributed by atoms with van der Waals surface area (Å²) in [4.78, 5) is 11.3. The summed E-state index contributed by atoms with van der Waals surface area (Å²) in [7, 11) is 1.66. The molecule has 1 aromatic rings. The zero-order valence-electron chi connectivity index (χ0n) is 13.8. The fraction of sp³-hybridized carbons (Fsp3) is 0.350. The Morgan fingerprint density at radius 1 is 1.43 bits per heavy atom. The van der Waals surface area contributed by atoms with Crippen molar-refractivity contribution in [3.8, 4) is 18.1 Å². The van der Waals surface area contributed by atoms with Gasteiger partial charge in [-0.1, -0.05) is 46.4 Å². The van der Waals surface area contributed by atoms with Crippen molar-refractivity contribution >= 4 is 34.5 Å². The molecule has 0 N–H and O–H groups in total. The SMILES string of the molecule is C#CC(=O)/C=C/c1ccc(OC)cc1CC/C=C(\C)CCCI. The van der Waals surface area contributed by atoms with Crippen LogP contribution in [0.4, 0.5) is 0 Å². The molecule has 0 aliphatic carbocycles. The number of carbonyl (C=O) groups is 1. The monoisotopic (exact) mass is 422 g/mol. The molecular weight excluding hydrogens is 399 g/mol. The van der Waals surface area contributed by atoms with Crippen molar-refractivity contribution in [3.05, 3.63) is 47.1 Å². The Hall–Kier alpha value is -1.54. The molecule has 0 amide bonds. The van der Waals surface area contributed by atoms with E-state index < -0.39 is 0 Å². The van der Waals surface area contributed by atoms with Gasteiger partial charge in [0.15, 0.2) is 0 Å². The van der Waals surface area contributed by atoms with Gasteiger partial charge in [-0.15, -0.1) is 6.42 Å². The highest BCUT2D eigenvalue weighted by molar-refractivity contribution is 14.1. The molecule has 0 aliphatic rings. The minimum absolute atomic E-state index is 0.318. The van der Waals surface area contributed by atoms with E-state index in [1.807, 2.05) is 18.2 Å². The Kier molecular flexibility index (Phi) is 9.39. The lowest BCUT2D eigenvalue weighted by atomic mass is 10.0. The molecule has 0 spiro atoms. The number of halogens is 1. The van der Waals surface area contributed by atoms with Crippen LogP contribution in [0.25, 0.3) is 6.08 Å². The molecule has 23 heavy (non-hydrogen) atoms. The second-order valence-corrected chi connectivity index (χ2v) is 6.37. The van der Waals surface area contributed by atoms with Gasteiger partial charge in [-0.25, -0.2) is 0 Å². The minimum Gasteiger partial charge on any atom is -0.497 e. The third kappa shape index (κ3) is 7.51. The number of aryl methyl sites for hydroxylation is 1. The molecule has 0 heterocycles. The van der Waals surface area contributed by atoms with Gasteiger partial charge in [-0.3, -0.25) is 4.79 Å². The van der Waals surface area contributed by atoms with Crippen molar-refractivity contribution in [1.82, 2.24) is 0 Å². The van der Waals surface area contributed by atoms with E-state index >= 15 is 0 Å². The number of allylic oxidation sites excluding steroid dienone is 3. The van der Waals surface area contributed by atoms with Gasteiger partial charge < -0.3 is 4.74 Å². The van der Waals surface area contributed by atoms with E-state index in [1.54, 1.807) is 13.2 Å². The van der Waals surface area contributed by atoms with Gasteiger partial charge >= 0.3 is 0 Å². The maximum Gasteiger partial charge on any atom is 0.228 e. The van der Waals surface area contributed by atoms with Crippen LogP contribution in [0.1, 0.15) is 37.3 Å². The largest absolute Gasteiger partial charge is 0.497 e. The second-order valence-electron chi connectivity index (χ2n) is 5.29. The number of carbonyl (C=O) groups excluding carboxylic acids is 1. The Bertz CT molecular complexity index is 621. The first-order valence-corrected chi connectivity index (χ1v) is 9.20. The highest BCUT2D eigenvalue weighted by Gasteiger charge is 2.03. The van der Waals surface area contributed by atoms with Gasteiger partial charge in [0.25, 0.3) is 0 Å². The summed E-state index contributed by atoms with van der Waals surface area (Å²) in [5, 5.41) is 0. The lowest BCUT2D eigenvalue weighted by Gasteiger charge is -2.08. The number of benzene rings is 1. The smallest absolute Gasteiger partial charge is 0.228 e. The number of alkyl halides is 1. The summed E-state index contributed by atoms with van der Waals surface area (Å²) in [6.07, 6.45) is 14.9. The van der Waals surface area contributed by atoms with E-state index in [0.29, 0.717) is 0 Å². The quantitative estimate of drug-likeness (QED) is 0.140. The highest BCUT2D eigenvalue weighted by Crippen LogP contribution is 2.21. The first-order valence-electron chi connectivity index (χ1n) is 7.68. The normalized spacial score (nSPS) is 11.5. The Morgan fingerprint density at radius 3 is 2.87 bits per heavy atom. The highest BCUT2D eigenvalue weighted by atomic mass is 127. The van der Waals surface area contributed by atoms with E-state index in [0.717, 1.165) is 36.1 Å². The second kappa shape index (κ2) is 11.1. The lowest BCUT2D eigenvalue weighted by Crippen LogP contribution is -1.93. The molecule has 0 saturated heterocycles. The van der Waals surface area contributed by atoms with Crippen LogP contribution in [0.5, 0.6) is 5.75 Å². The molecule has 2 nitrogen and oxygen atoms in total. The van der Waals surface area contributed by atoms with Gasteiger partial charge in [0.2, 0.25) is 5.78 Å². The molecule has 0 fully saturated rings. The molecule has 1 rings (SSSR count). The van der Waals surface area contributed by atoms with Gasteiger partial charge in [0.05, 0.1) is 7.11 Å². The first-order chi connectivity index (χ1) is 11.1. The molecular formula is C20H23IO2.